The molecule has 0 aliphatic carbocycles. The number of carbonyl (C=O) groups excluding carboxylic acids is 2. The molecule has 1 heterocycles. The Balaban J connectivity index is 2.32. The number of carbonyl (C=O) groups is 2. The van der Waals surface area contributed by atoms with E-state index in [1.54, 1.807) is 19.1 Å². The molecule has 0 radical (unpaired) electrons. The number of nitrogens with zero attached hydrogens (tertiary/aromatic N) is 1. The number of esters is 1. The van der Waals surface area contributed by atoms with Crippen LogP contribution in [0.5, 0.6) is 0 Å². The summed E-state index contributed by atoms with van der Waals surface area (Å²) in [5.74, 6) is -0.978. The van der Waals surface area contributed by atoms with E-state index in [0.717, 1.165) is 12.8 Å². The van der Waals surface area contributed by atoms with Crippen LogP contribution >= 0.6 is 0 Å². The molecule has 0 aromatic heterocycles. The second-order valence-electron chi connectivity index (χ2n) is 6.48. The largest absolute Gasteiger partial charge is 0.462 e. The van der Waals surface area contributed by atoms with E-state index in [-0.39, 0.29) is 23.9 Å². The fourth-order valence-electron chi connectivity index (χ4n) is 3.11. The molecule has 0 saturated carbocycles. The number of hydrogen-bond acceptors (Lipinski definition) is 5. The average molecular weight is 360 g/mol. The van der Waals surface area contributed by atoms with Crippen LogP contribution in [0.1, 0.15) is 51.5 Å². The van der Waals surface area contributed by atoms with Crippen LogP contribution in [0.3, 0.4) is 0 Å². The Morgan fingerprint density at radius 2 is 2.08 bits per heavy atom. The lowest BCUT2D eigenvalue weighted by Gasteiger charge is -2.27. The minimum absolute atomic E-state index is 0.0495. The predicted octanol–water partition coefficient (Wildman–Crippen LogP) is 3.45. The average Bonchev–Trinajstić information content (AvgIpc) is 2.61. The third-order valence-electron chi connectivity index (χ3n) is 4.78. The smallest absolute Gasteiger partial charge is 0.336 e. The zero-order valence-corrected chi connectivity index (χ0v) is 15.3. The summed E-state index contributed by atoms with van der Waals surface area (Å²) in [5, 5.41) is 13.7. The number of nitro benzene ring substituents is 1. The van der Waals surface area contributed by atoms with Gasteiger partial charge in [-0.3, -0.25) is 14.9 Å². The molecule has 0 saturated heterocycles. The molecule has 1 aliphatic heterocycles. The van der Waals surface area contributed by atoms with Crippen molar-refractivity contribution in [3.8, 4) is 0 Å². The molecular formula is C19H24N2O5. The monoisotopic (exact) mass is 360 g/mol. The summed E-state index contributed by atoms with van der Waals surface area (Å²) in [6.07, 6.45) is 1.87. The highest BCUT2D eigenvalue weighted by molar-refractivity contribution is 5.95. The summed E-state index contributed by atoms with van der Waals surface area (Å²) in [4.78, 5) is 35.2. The van der Waals surface area contributed by atoms with Gasteiger partial charge in [0, 0.05) is 30.2 Å². The van der Waals surface area contributed by atoms with Gasteiger partial charge in [-0.05, 0) is 18.4 Å². The predicted molar refractivity (Wildman–Crippen MR) is 96.3 cm³/mol. The van der Waals surface area contributed by atoms with Gasteiger partial charge in [0.1, 0.15) is 0 Å². The highest BCUT2D eigenvalue weighted by Gasteiger charge is 2.33. The first-order valence-electron chi connectivity index (χ1n) is 8.79. The molecule has 1 aliphatic rings. The molecule has 1 N–H and O–H groups in total. The normalized spacial score (nSPS) is 17.2. The first kappa shape index (κ1) is 19.6. The lowest BCUT2D eigenvalue weighted by molar-refractivity contribution is -0.384. The van der Waals surface area contributed by atoms with E-state index >= 15 is 0 Å². The lowest BCUT2D eigenvalue weighted by Crippen LogP contribution is -2.34. The second-order valence-corrected chi connectivity index (χ2v) is 6.48. The first-order chi connectivity index (χ1) is 12.4. The summed E-state index contributed by atoms with van der Waals surface area (Å²) in [7, 11) is 0. The van der Waals surface area contributed by atoms with Crippen molar-refractivity contribution in [1.29, 1.82) is 0 Å². The molecule has 1 aromatic carbocycles. The van der Waals surface area contributed by atoms with E-state index in [4.69, 9.17) is 4.74 Å². The molecule has 7 heteroatoms. The van der Waals surface area contributed by atoms with Gasteiger partial charge >= 0.3 is 5.97 Å². The minimum atomic E-state index is -0.558. The van der Waals surface area contributed by atoms with E-state index in [1.807, 2.05) is 13.8 Å². The van der Waals surface area contributed by atoms with E-state index in [1.165, 1.54) is 12.1 Å². The second kappa shape index (κ2) is 8.60. The maximum atomic E-state index is 12.7. The number of allylic oxidation sites excluding steroid dienone is 1. The van der Waals surface area contributed by atoms with Crippen LogP contribution in [0.2, 0.25) is 0 Å². The van der Waals surface area contributed by atoms with Gasteiger partial charge < -0.3 is 10.1 Å². The Kier molecular flexibility index (Phi) is 6.49. The van der Waals surface area contributed by atoms with Crippen LogP contribution in [-0.2, 0) is 14.3 Å². The lowest BCUT2D eigenvalue weighted by atomic mass is 9.84. The number of non-ortho nitro benzene ring substituents is 1. The van der Waals surface area contributed by atoms with E-state index in [0.29, 0.717) is 23.4 Å². The number of nitrogens with one attached hydrogen (secondary N) is 1. The molecule has 0 unspecified atom stereocenters. The molecule has 1 aromatic rings. The van der Waals surface area contributed by atoms with Crippen LogP contribution in [-0.4, -0.2) is 23.4 Å². The number of hydrogen-bond donors (Lipinski definition) is 1. The van der Waals surface area contributed by atoms with E-state index < -0.39 is 16.8 Å². The van der Waals surface area contributed by atoms with Gasteiger partial charge in [0.15, 0.2) is 0 Å². The van der Waals surface area contributed by atoms with E-state index in [2.05, 4.69) is 5.32 Å². The number of benzene rings is 1. The third-order valence-corrected chi connectivity index (χ3v) is 4.78. The summed E-state index contributed by atoms with van der Waals surface area (Å²) in [6.45, 7) is 6.05. The quantitative estimate of drug-likeness (QED) is 0.456. The molecule has 1 atom stereocenters. The maximum Gasteiger partial charge on any atom is 0.336 e. The van der Waals surface area contributed by atoms with Crippen LogP contribution < -0.4 is 5.32 Å². The van der Waals surface area contributed by atoms with Crippen molar-refractivity contribution in [2.45, 2.75) is 46.0 Å². The number of rotatable bonds is 7. The third kappa shape index (κ3) is 4.47. The Morgan fingerprint density at radius 3 is 2.69 bits per heavy atom. The zero-order valence-electron chi connectivity index (χ0n) is 15.3. The Morgan fingerprint density at radius 1 is 1.38 bits per heavy atom. The SMILES string of the molecule is CCC(CC)COC(=O)C1=C(C)NC(=O)C[C@@H]1c1cccc([N+](=O)[O-])c1. The molecule has 0 fully saturated rings. The van der Waals surface area contributed by atoms with E-state index in [9.17, 15) is 19.7 Å². The van der Waals surface area contributed by atoms with Gasteiger partial charge in [-0.1, -0.05) is 38.8 Å². The highest BCUT2D eigenvalue weighted by Crippen LogP contribution is 2.35. The van der Waals surface area contributed by atoms with Crippen molar-refractivity contribution >= 4 is 17.6 Å². The summed E-state index contributed by atoms with van der Waals surface area (Å²) in [6, 6.07) is 6.04. The Hall–Kier alpha value is -2.70. The van der Waals surface area contributed by atoms with Crippen molar-refractivity contribution in [2.75, 3.05) is 6.61 Å². The number of amides is 1. The minimum Gasteiger partial charge on any atom is -0.462 e. The van der Waals surface area contributed by atoms with Gasteiger partial charge in [-0.15, -0.1) is 0 Å². The molecule has 1 amide bonds. The number of nitro groups is 1. The van der Waals surface area contributed by atoms with Gasteiger partial charge in [-0.25, -0.2) is 4.79 Å². The van der Waals surface area contributed by atoms with Gasteiger partial charge in [0.2, 0.25) is 5.91 Å². The van der Waals surface area contributed by atoms with Crippen molar-refractivity contribution in [1.82, 2.24) is 5.32 Å². The molecule has 140 valence electrons. The van der Waals surface area contributed by atoms with Crippen LogP contribution in [0.15, 0.2) is 35.5 Å². The van der Waals surface area contributed by atoms with Gasteiger partial charge in [-0.2, -0.15) is 0 Å². The summed E-state index contributed by atoms with van der Waals surface area (Å²) in [5.41, 5.74) is 1.28. The van der Waals surface area contributed by atoms with Crippen molar-refractivity contribution < 1.29 is 19.2 Å². The maximum absolute atomic E-state index is 12.7. The summed E-state index contributed by atoms with van der Waals surface area (Å²) >= 11 is 0. The zero-order chi connectivity index (χ0) is 19.3. The number of ether oxygens (including phenoxy) is 1. The molecule has 26 heavy (non-hydrogen) atoms. The fourth-order valence-corrected chi connectivity index (χ4v) is 3.11. The first-order valence-corrected chi connectivity index (χ1v) is 8.79. The standard InChI is InChI=1S/C19H24N2O5/c1-4-13(5-2)11-26-19(23)18-12(3)20-17(22)10-16(18)14-7-6-8-15(9-14)21(24)25/h6-9,13,16H,4-5,10-11H2,1-3H3,(H,20,22)/t16-/m1/s1. The van der Waals surface area contributed by atoms with Crippen LogP contribution in [0.4, 0.5) is 5.69 Å². The van der Waals surface area contributed by atoms with Gasteiger partial charge in [0.25, 0.3) is 5.69 Å². The fraction of sp³-hybridized carbons (Fsp3) is 0.474. The van der Waals surface area contributed by atoms with Crippen LogP contribution in [0.25, 0.3) is 0 Å². The van der Waals surface area contributed by atoms with Crippen molar-refractivity contribution in [3.05, 3.63) is 51.2 Å². The molecule has 0 bridgehead atoms. The molecule has 2 rings (SSSR count). The molecular weight excluding hydrogens is 336 g/mol. The Labute approximate surface area is 152 Å². The summed E-state index contributed by atoms with van der Waals surface area (Å²) < 4.78 is 5.48. The Bertz CT molecular complexity index is 737. The van der Waals surface area contributed by atoms with Crippen molar-refractivity contribution in [2.24, 2.45) is 5.92 Å². The highest BCUT2D eigenvalue weighted by atomic mass is 16.6. The van der Waals surface area contributed by atoms with Crippen molar-refractivity contribution in [3.63, 3.8) is 0 Å². The van der Waals surface area contributed by atoms with Gasteiger partial charge in [0.05, 0.1) is 17.1 Å². The van der Waals surface area contributed by atoms with Crippen LogP contribution in [0, 0.1) is 16.0 Å². The topological polar surface area (TPSA) is 98.5 Å². The molecule has 0 spiro atoms. The molecule has 7 nitrogen and oxygen atoms in total.